The molecule has 3 amide bonds. The summed E-state index contributed by atoms with van der Waals surface area (Å²) in [5.41, 5.74) is -0.269. The van der Waals surface area contributed by atoms with Gasteiger partial charge in [0.05, 0.1) is 0 Å². The van der Waals surface area contributed by atoms with Crippen molar-refractivity contribution in [3.8, 4) is 11.5 Å². The fourth-order valence-electron chi connectivity index (χ4n) is 3.60. The third kappa shape index (κ3) is 4.77. The fourth-order valence-corrected chi connectivity index (χ4v) is 3.60. The Kier molecular flexibility index (Phi) is 6.21. The minimum Gasteiger partial charge on any atom is -0.507 e. The lowest BCUT2D eigenvalue weighted by Gasteiger charge is -2.29. The maximum Gasteiger partial charge on any atom is 0.342 e. The molecule has 8 nitrogen and oxygen atoms in total. The summed E-state index contributed by atoms with van der Waals surface area (Å²) >= 11 is 0. The molecular weight excluding hydrogens is 376 g/mol. The fraction of sp³-hybridized carbons (Fsp3) is 0.381. The minimum absolute atomic E-state index is 0.0108. The van der Waals surface area contributed by atoms with Gasteiger partial charge < -0.3 is 20.3 Å². The number of fused-ring (bicyclic) bond motifs is 1. The van der Waals surface area contributed by atoms with E-state index in [4.69, 9.17) is 4.74 Å². The van der Waals surface area contributed by atoms with Crippen LogP contribution in [0.2, 0.25) is 0 Å². The largest absolute Gasteiger partial charge is 0.507 e. The Morgan fingerprint density at radius 3 is 2.52 bits per heavy atom. The van der Waals surface area contributed by atoms with E-state index in [1.165, 1.54) is 0 Å². The molecule has 2 atom stereocenters. The Hall–Kier alpha value is -3.29. The lowest BCUT2D eigenvalue weighted by atomic mass is 9.86. The van der Waals surface area contributed by atoms with Crippen molar-refractivity contribution in [2.45, 2.75) is 38.6 Å². The van der Waals surface area contributed by atoms with Gasteiger partial charge in [0.25, 0.3) is 5.91 Å². The maximum absolute atomic E-state index is 12.2. The molecule has 3 rings (SSSR count). The predicted octanol–water partition coefficient (Wildman–Crippen LogP) is 2.81. The molecular formula is C21H24N2O6. The van der Waals surface area contributed by atoms with Crippen molar-refractivity contribution in [2.24, 2.45) is 5.92 Å². The van der Waals surface area contributed by atoms with Gasteiger partial charge in [-0.1, -0.05) is 44.0 Å². The van der Waals surface area contributed by atoms with E-state index in [2.05, 4.69) is 17.6 Å². The molecule has 8 heteroatoms. The first-order valence-corrected chi connectivity index (χ1v) is 9.58. The van der Waals surface area contributed by atoms with E-state index < -0.39 is 24.5 Å². The summed E-state index contributed by atoms with van der Waals surface area (Å²) in [6.45, 7) is 1.36. The summed E-state index contributed by atoms with van der Waals surface area (Å²) in [6.07, 6.45) is 4.05. The Balaban J connectivity index is 1.56. The monoisotopic (exact) mass is 400 g/mol. The van der Waals surface area contributed by atoms with Crippen molar-refractivity contribution in [3.63, 3.8) is 0 Å². The van der Waals surface area contributed by atoms with E-state index in [-0.39, 0.29) is 28.5 Å². The number of phenolic OH excluding ortho intramolecular Hbond substituents is 2. The summed E-state index contributed by atoms with van der Waals surface area (Å²) in [6, 6.07) is 6.93. The van der Waals surface area contributed by atoms with Gasteiger partial charge in [-0.3, -0.25) is 10.1 Å². The molecule has 2 aromatic carbocycles. The van der Waals surface area contributed by atoms with Crippen LogP contribution in [0.5, 0.6) is 11.5 Å². The Morgan fingerprint density at radius 2 is 1.79 bits per heavy atom. The molecule has 0 spiro atoms. The summed E-state index contributed by atoms with van der Waals surface area (Å²) in [4.78, 5) is 36.1. The molecule has 1 aliphatic carbocycles. The van der Waals surface area contributed by atoms with E-state index in [9.17, 15) is 24.6 Å². The molecule has 1 saturated carbocycles. The topological polar surface area (TPSA) is 125 Å². The van der Waals surface area contributed by atoms with Crippen molar-refractivity contribution in [1.82, 2.24) is 10.6 Å². The highest BCUT2D eigenvalue weighted by Crippen LogP contribution is 2.35. The maximum atomic E-state index is 12.2. The van der Waals surface area contributed by atoms with Gasteiger partial charge in [0.2, 0.25) is 0 Å². The number of nitrogens with one attached hydrogen (secondary N) is 2. The molecule has 2 aromatic rings. The molecule has 1 aliphatic rings. The number of urea groups is 1. The lowest BCUT2D eigenvalue weighted by molar-refractivity contribution is -0.123. The number of ether oxygens (including phenoxy) is 1. The van der Waals surface area contributed by atoms with Crippen LogP contribution in [-0.2, 0) is 9.53 Å². The lowest BCUT2D eigenvalue weighted by Crippen LogP contribution is -2.48. The number of phenols is 2. The molecule has 4 N–H and O–H groups in total. The first kappa shape index (κ1) is 20.4. The van der Waals surface area contributed by atoms with Crippen LogP contribution in [-0.4, -0.2) is 40.8 Å². The van der Waals surface area contributed by atoms with E-state index in [0.717, 1.165) is 31.7 Å². The van der Waals surface area contributed by atoms with Gasteiger partial charge in [-0.05, 0) is 24.8 Å². The Morgan fingerprint density at radius 1 is 1.10 bits per heavy atom. The van der Waals surface area contributed by atoms with Crippen molar-refractivity contribution < 1.29 is 29.3 Å². The second-order valence-corrected chi connectivity index (χ2v) is 7.30. The number of carbonyl (C=O) groups is 3. The second-order valence-electron chi connectivity index (χ2n) is 7.30. The number of aromatic hydroxyl groups is 2. The highest BCUT2D eigenvalue weighted by Gasteiger charge is 2.24. The highest BCUT2D eigenvalue weighted by atomic mass is 16.5. The number of imide groups is 1. The van der Waals surface area contributed by atoms with Crippen LogP contribution in [0.3, 0.4) is 0 Å². The standard InChI is InChI=1S/C21H24N2O6/c1-12-6-2-5-9-16(12)22-21(28)23-18(25)11-29-20(27)15-10-17(24)13-7-3-4-8-14(13)19(15)26/h3-4,7-8,10,12,16,24,26H,2,5-6,9,11H2,1H3,(H2,22,23,25,28)/t12-,16+/m1/s1. The average Bonchev–Trinajstić information content (AvgIpc) is 2.70. The quantitative estimate of drug-likeness (QED) is 0.462. The van der Waals surface area contributed by atoms with Crippen molar-refractivity contribution >= 4 is 28.7 Å². The molecule has 29 heavy (non-hydrogen) atoms. The van der Waals surface area contributed by atoms with Crippen LogP contribution in [0.4, 0.5) is 4.79 Å². The van der Waals surface area contributed by atoms with Gasteiger partial charge in [0, 0.05) is 16.8 Å². The van der Waals surface area contributed by atoms with Crippen molar-refractivity contribution in [1.29, 1.82) is 0 Å². The number of hydrogen-bond acceptors (Lipinski definition) is 6. The van der Waals surface area contributed by atoms with E-state index in [1.807, 2.05) is 0 Å². The molecule has 0 radical (unpaired) electrons. The second kappa shape index (κ2) is 8.81. The van der Waals surface area contributed by atoms with Crippen LogP contribution in [0, 0.1) is 5.92 Å². The number of rotatable bonds is 4. The molecule has 0 aliphatic heterocycles. The third-order valence-electron chi connectivity index (χ3n) is 5.23. The van der Waals surface area contributed by atoms with Gasteiger partial charge in [0.1, 0.15) is 17.1 Å². The normalized spacial score (nSPS) is 18.8. The highest BCUT2D eigenvalue weighted by molar-refractivity contribution is 6.04. The van der Waals surface area contributed by atoms with Crippen molar-refractivity contribution in [3.05, 3.63) is 35.9 Å². The molecule has 0 bridgehead atoms. The smallest absolute Gasteiger partial charge is 0.342 e. The predicted molar refractivity (Wildman–Crippen MR) is 106 cm³/mol. The van der Waals surface area contributed by atoms with Crippen LogP contribution in [0.1, 0.15) is 43.0 Å². The number of benzene rings is 2. The van der Waals surface area contributed by atoms with E-state index in [1.54, 1.807) is 24.3 Å². The van der Waals surface area contributed by atoms with Gasteiger partial charge in [0.15, 0.2) is 6.61 Å². The van der Waals surface area contributed by atoms with Crippen LogP contribution in [0.25, 0.3) is 10.8 Å². The zero-order valence-electron chi connectivity index (χ0n) is 16.1. The van der Waals surface area contributed by atoms with Gasteiger partial charge >= 0.3 is 12.0 Å². The summed E-state index contributed by atoms with van der Waals surface area (Å²) in [5.74, 6) is -1.99. The van der Waals surface area contributed by atoms with Crippen LogP contribution >= 0.6 is 0 Å². The van der Waals surface area contributed by atoms with E-state index >= 15 is 0 Å². The molecule has 0 saturated heterocycles. The molecule has 0 unspecified atom stereocenters. The summed E-state index contributed by atoms with van der Waals surface area (Å²) in [5, 5.41) is 25.9. The van der Waals surface area contributed by atoms with Crippen LogP contribution < -0.4 is 10.6 Å². The van der Waals surface area contributed by atoms with Gasteiger partial charge in [-0.2, -0.15) is 0 Å². The molecule has 154 valence electrons. The molecule has 0 heterocycles. The number of hydrogen-bond donors (Lipinski definition) is 4. The summed E-state index contributed by atoms with van der Waals surface area (Å²) < 4.78 is 4.88. The van der Waals surface area contributed by atoms with E-state index in [0.29, 0.717) is 11.3 Å². The minimum atomic E-state index is -0.986. The Labute approximate surface area is 167 Å². The number of carbonyl (C=O) groups excluding carboxylic acids is 3. The first-order valence-electron chi connectivity index (χ1n) is 9.58. The van der Waals surface area contributed by atoms with Gasteiger partial charge in [-0.15, -0.1) is 0 Å². The number of amides is 3. The number of esters is 1. The van der Waals surface area contributed by atoms with Crippen LogP contribution in [0.15, 0.2) is 30.3 Å². The Bertz CT molecular complexity index is 942. The third-order valence-corrected chi connectivity index (χ3v) is 5.23. The first-order chi connectivity index (χ1) is 13.9. The van der Waals surface area contributed by atoms with Gasteiger partial charge in [-0.25, -0.2) is 9.59 Å². The van der Waals surface area contributed by atoms with Crippen molar-refractivity contribution in [2.75, 3.05) is 6.61 Å². The zero-order chi connectivity index (χ0) is 21.0. The SMILES string of the molecule is C[C@@H]1CCCC[C@@H]1NC(=O)NC(=O)COC(=O)c1cc(O)c2ccccc2c1O. The zero-order valence-corrected chi connectivity index (χ0v) is 16.1. The molecule has 0 aromatic heterocycles. The average molecular weight is 400 g/mol. The summed E-state index contributed by atoms with van der Waals surface area (Å²) in [7, 11) is 0. The molecule has 1 fully saturated rings.